The lowest BCUT2D eigenvalue weighted by atomic mass is 10.2. The van der Waals surface area contributed by atoms with E-state index in [2.05, 4.69) is 10.3 Å². The van der Waals surface area contributed by atoms with Gasteiger partial charge in [-0.2, -0.15) is 4.31 Å². The van der Waals surface area contributed by atoms with Gasteiger partial charge in [0.2, 0.25) is 10.0 Å². The molecule has 146 valence electrons. The third-order valence-corrected chi connectivity index (χ3v) is 8.48. The van der Waals surface area contributed by atoms with Crippen LogP contribution in [0.2, 0.25) is 0 Å². The van der Waals surface area contributed by atoms with Crippen LogP contribution in [0.5, 0.6) is 0 Å². The van der Waals surface area contributed by atoms with E-state index in [9.17, 15) is 13.2 Å². The van der Waals surface area contributed by atoms with Crippen molar-refractivity contribution in [2.75, 3.05) is 11.9 Å². The lowest BCUT2D eigenvalue weighted by Crippen LogP contribution is -2.35. The molecular weight excluding hydrogens is 414 g/mol. The molecule has 28 heavy (non-hydrogen) atoms. The summed E-state index contributed by atoms with van der Waals surface area (Å²) in [4.78, 5) is 18.5. The number of carbonyl (C=O) groups excluding carboxylic acids is 1. The van der Waals surface area contributed by atoms with E-state index in [1.165, 1.54) is 27.0 Å². The molecule has 0 unspecified atom stereocenters. The SMILES string of the molecule is Cc1ccc(S(=O)(=O)N2CCc3nc(NC(=O)c4cccs4)sc3C2)c(C)c1. The predicted molar refractivity (Wildman–Crippen MR) is 112 cm³/mol. The van der Waals surface area contributed by atoms with Crippen LogP contribution in [-0.4, -0.2) is 30.2 Å². The molecule has 0 radical (unpaired) electrons. The standard InChI is InChI=1S/C19H19N3O3S3/c1-12-5-6-17(13(2)10-12)28(24,25)22-8-7-14-16(11-22)27-19(20-14)21-18(23)15-4-3-9-26-15/h3-6,9-10H,7-8,11H2,1-2H3,(H,20,21,23). The van der Waals surface area contributed by atoms with E-state index in [0.717, 1.165) is 21.7 Å². The number of amides is 1. The topological polar surface area (TPSA) is 79.4 Å². The highest BCUT2D eigenvalue weighted by Gasteiger charge is 2.31. The number of fused-ring (bicyclic) bond motifs is 1. The van der Waals surface area contributed by atoms with E-state index in [1.807, 2.05) is 37.4 Å². The summed E-state index contributed by atoms with van der Waals surface area (Å²) >= 11 is 2.70. The minimum absolute atomic E-state index is 0.194. The Hall–Kier alpha value is -2.07. The molecule has 0 saturated heterocycles. The summed E-state index contributed by atoms with van der Waals surface area (Å²) in [5.74, 6) is -0.194. The molecule has 9 heteroatoms. The third kappa shape index (κ3) is 3.62. The largest absolute Gasteiger partial charge is 0.297 e. The number of thiazole rings is 1. The highest BCUT2D eigenvalue weighted by Crippen LogP contribution is 2.32. The molecule has 0 spiro atoms. The number of aromatic nitrogens is 1. The monoisotopic (exact) mass is 433 g/mol. The Morgan fingerprint density at radius 1 is 1.25 bits per heavy atom. The first-order valence-corrected chi connectivity index (χ1v) is 11.9. The van der Waals surface area contributed by atoms with Crippen LogP contribution in [0.4, 0.5) is 5.13 Å². The maximum Gasteiger partial charge on any atom is 0.267 e. The molecule has 6 nitrogen and oxygen atoms in total. The number of sulfonamides is 1. The van der Waals surface area contributed by atoms with Crippen molar-refractivity contribution in [1.29, 1.82) is 0 Å². The Morgan fingerprint density at radius 3 is 2.79 bits per heavy atom. The number of nitrogens with one attached hydrogen (secondary N) is 1. The van der Waals surface area contributed by atoms with Crippen LogP contribution in [-0.2, 0) is 23.0 Å². The average molecular weight is 434 g/mol. The van der Waals surface area contributed by atoms with Gasteiger partial charge >= 0.3 is 0 Å². The molecule has 0 saturated carbocycles. The van der Waals surface area contributed by atoms with Gasteiger partial charge in [-0.1, -0.05) is 23.8 Å². The molecule has 2 aromatic heterocycles. The normalized spacial score (nSPS) is 14.6. The van der Waals surface area contributed by atoms with Crippen molar-refractivity contribution >= 4 is 43.7 Å². The summed E-state index contributed by atoms with van der Waals surface area (Å²) in [5.41, 5.74) is 2.64. The number of nitrogens with zero attached hydrogens (tertiary/aromatic N) is 2. The zero-order valence-corrected chi connectivity index (χ0v) is 17.9. The molecule has 4 rings (SSSR count). The molecule has 1 N–H and O–H groups in total. The van der Waals surface area contributed by atoms with Gasteiger partial charge in [0, 0.05) is 17.8 Å². The second-order valence-electron chi connectivity index (χ2n) is 6.68. The second-order valence-corrected chi connectivity index (χ2v) is 10.6. The molecule has 1 amide bonds. The fourth-order valence-electron chi connectivity index (χ4n) is 3.22. The number of hydrogen-bond donors (Lipinski definition) is 1. The van der Waals surface area contributed by atoms with Crippen molar-refractivity contribution in [3.63, 3.8) is 0 Å². The first-order valence-electron chi connectivity index (χ1n) is 8.75. The lowest BCUT2D eigenvalue weighted by Gasteiger charge is -2.26. The fourth-order valence-corrected chi connectivity index (χ4v) is 6.56. The van der Waals surface area contributed by atoms with Crippen LogP contribution in [0.3, 0.4) is 0 Å². The first kappa shape index (κ1) is 19.3. The van der Waals surface area contributed by atoms with E-state index in [4.69, 9.17) is 0 Å². The van der Waals surface area contributed by atoms with E-state index in [1.54, 1.807) is 12.1 Å². The van der Waals surface area contributed by atoms with E-state index in [0.29, 0.717) is 27.9 Å². The molecule has 0 aliphatic carbocycles. The second kappa shape index (κ2) is 7.40. The van der Waals surface area contributed by atoms with Gasteiger partial charge in [-0.05, 0) is 36.9 Å². The Balaban J connectivity index is 1.55. The molecule has 1 aromatic carbocycles. The number of thiophene rings is 1. The predicted octanol–water partition coefficient (Wildman–Crippen LogP) is 3.82. The maximum atomic E-state index is 13.1. The third-order valence-electron chi connectivity index (χ3n) is 4.61. The highest BCUT2D eigenvalue weighted by molar-refractivity contribution is 7.89. The summed E-state index contributed by atoms with van der Waals surface area (Å²) in [7, 11) is -3.57. The molecular formula is C19H19N3O3S3. The number of carbonyl (C=O) groups is 1. The summed E-state index contributed by atoms with van der Waals surface area (Å²) < 4.78 is 27.7. The van der Waals surface area contributed by atoms with Gasteiger partial charge in [0.25, 0.3) is 5.91 Å². The van der Waals surface area contributed by atoms with E-state index < -0.39 is 10.0 Å². The maximum absolute atomic E-state index is 13.1. The Bertz CT molecular complexity index is 1130. The van der Waals surface area contributed by atoms with Crippen molar-refractivity contribution in [1.82, 2.24) is 9.29 Å². The minimum Gasteiger partial charge on any atom is -0.297 e. The van der Waals surface area contributed by atoms with Gasteiger partial charge in [-0.15, -0.1) is 22.7 Å². The van der Waals surface area contributed by atoms with Crippen LogP contribution in [0.15, 0.2) is 40.6 Å². The van der Waals surface area contributed by atoms with Gasteiger partial charge in [0.05, 0.1) is 22.0 Å². The molecule has 0 bridgehead atoms. The number of aryl methyl sites for hydroxylation is 2. The summed E-state index contributed by atoms with van der Waals surface area (Å²) in [6.07, 6.45) is 0.533. The molecule has 1 aliphatic rings. The molecule has 3 heterocycles. The minimum atomic E-state index is -3.57. The van der Waals surface area contributed by atoms with Gasteiger partial charge in [0.15, 0.2) is 5.13 Å². The number of hydrogen-bond acceptors (Lipinski definition) is 6. The average Bonchev–Trinajstić information content (AvgIpc) is 3.30. The van der Waals surface area contributed by atoms with Crippen molar-refractivity contribution in [2.24, 2.45) is 0 Å². The zero-order valence-electron chi connectivity index (χ0n) is 15.4. The van der Waals surface area contributed by atoms with Gasteiger partial charge in [-0.3, -0.25) is 10.1 Å². The van der Waals surface area contributed by atoms with Crippen molar-refractivity contribution < 1.29 is 13.2 Å². The highest BCUT2D eigenvalue weighted by atomic mass is 32.2. The Morgan fingerprint density at radius 2 is 2.07 bits per heavy atom. The molecule has 0 atom stereocenters. The van der Waals surface area contributed by atoms with Crippen LogP contribution in [0.25, 0.3) is 0 Å². The zero-order chi connectivity index (χ0) is 19.9. The van der Waals surface area contributed by atoms with Crippen LogP contribution >= 0.6 is 22.7 Å². The van der Waals surface area contributed by atoms with Gasteiger partial charge < -0.3 is 0 Å². The summed E-state index contributed by atoms with van der Waals surface area (Å²) in [5, 5.41) is 5.17. The summed E-state index contributed by atoms with van der Waals surface area (Å²) in [6.45, 7) is 4.42. The Kier molecular flexibility index (Phi) is 5.09. The quantitative estimate of drug-likeness (QED) is 0.678. The number of anilines is 1. The Labute approximate surface area is 171 Å². The van der Waals surface area contributed by atoms with Crippen LogP contribution in [0.1, 0.15) is 31.4 Å². The number of benzene rings is 1. The van der Waals surface area contributed by atoms with Crippen LogP contribution < -0.4 is 5.32 Å². The van der Waals surface area contributed by atoms with Gasteiger partial charge in [0.1, 0.15) is 0 Å². The van der Waals surface area contributed by atoms with Crippen LogP contribution in [0, 0.1) is 13.8 Å². The fraction of sp³-hybridized carbons (Fsp3) is 0.263. The molecule has 0 fully saturated rings. The summed E-state index contributed by atoms with van der Waals surface area (Å²) in [6, 6.07) is 8.95. The van der Waals surface area contributed by atoms with Crippen molar-refractivity contribution in [3.05, 3.63) is 62.3 Å². The van der Waals surface area contributed by atoms with Crippen molar-refractivity contribution in [2.45, 2.75) is 31.7 Å². The first-order chi connectivity index (χ1) is 13.3. The van der Waals surface area contributed by atoms with E-state index >= 15 is 0 Å². The molecule has 3 aromatic rings. The number of rotatable bonds is 4. The molecule has 1 aliphatic heterocycles. The smallest absolute Gasteiger partial charge is 0.267 e. The van der Waals surface area contributed by atoms with Crippen molar-refractivity contribution in [3.8, 4) is 0 Å². The van der Waals surface area contributed by atoms with Gasteiger partial charge in [-0.25, -0.2) is 13.4 Å². The van der Waals surface area contributed by atoms with E-state index in [-0.39, 0.29) is 12.5 Å². The lowest BCUT2D eigenvalue weighted by molar-refractivity contribution is 0.103.